The molecule has 0 bridgehead atoms. The molecule has 0 aliphatic carbocycles. The fraction of sp³-hybridized carbons (Fsp3) is 0.211. The van der Waals surface area contributed by atoms with Gasteiger partial charge in [-0.15, -0.1) is 0 Å². The van der Waals surface area contributed by atoms with Crippen molar-refractivity contribution in [2.45, 2.75) is 26.1 Å². The number of rotatable bonds is 6. The Hall–Kier alpha value is -2.75. The highest BCUT2D eigenvalue weighted by atomic mass is 35.5. The molecule has 0 spiro atoms. The molecular formula is C19H16Cl2N2O4. The Morgan fingerprint density at radius 2 is 1.74 bits per heavy atom. The van der Waals surface area contributed by atoms with E-state index in [-0.39, 0.29) is 10.8 Å². The molecule has 0 saturated carbocycles. The number of anilines is 1. The van der Waals surface area contributed by atoms with Crippen molar-refractivity contribution in [3.8, 4) is 11.8 Å². The van der Waals surface area contributed by atoms with Crippen molar-refractivity contribution in [2.75, 3.05) is 5.32 Å². The van der Waals surface area contributed by atoms with E-state index in [4.69, 9.17) is 37.9 Å². The molecule has 2 rings (SSSR count). The van der Waals surface area contributed by atoms with Gasteiger partial charge in [-0.3, -0.25) is 4.79 Å². The summed E-state index contributed by atoms with van der Waals surface area (Å²) in [5.74, 6) is -0.950. The first-order valence-corrected chi connectivity index (χ1v) is 8.69. The minimum Gasteiger partial charge on any atom is -0.477 e. The van der Waals surface area contributed by atoms with Crippen LogP contribution in [0.5, 0.6) is 5.75 Å². The van der Waals surface area contributed by atoms with Crippen molar-refractivity contribution in [2.24, 2.45) is 0 Å². The van der Waals surface area contributed by atoms with Crippen LogP contribution in [0.25, 0.3) is 0 Å². The Kier molecular flexibility index (Phi) is 7.05. The van der Waals surface area contributed by atoms with Crippen LogP contribution >= 0.6 is 23.2 Å². The maximum absolute atomic E-state index is 12.1. The summed E-state index contributed by atoms with van der Waals surface area (Å²) in [4.78, 5) is 24.3. The van der Waals surface area contributed by atoms with E-state index in [0.717, 1.165) is 0 Å². The summed E-state index contributed by atoms with van der Waals surface area (Å²) in [6.45, 7) is 2.93. The van der Waals surface area contributed by atoms with Crippen molar-refractivity contribution in [3.05, 3.63) is 58.1 Å². The fourth-order valence-corrected chi connectivity index (χ4v) is 2.46. The number of ether oxygens (including phenoxy) is 2. The highest BCUT2D eigenvalue weighted by Gasteiger charge is 2.24. The minimum absolute atomic E-state index is 0.258. The Bertz CT molecular complexity index is 878. The first-order valence-electron chi connectivity index (χ1n) is 7.93. The van der Waals surface area contributed by atoms with Crippen molar-refractivity contribution in [1.29, 1.82) is 5.26 Å². The van der Waals surface area contributed by atoms with Crippen LogP contribution in [-0.2, 0) is 14.3 Å². The molecule has 2 aromatic rings. The second kappa shape index (κ2) is 9.26. The van der Waals surface area contributed by atoms with Crippen LogP contribution in [0.1, 0.15) is 19.4 Å². The maximum Gasteiger partial charge on any atom is 0.347 e. The molecule has 0 fully saturated rings. The molecule has 6 nitrogen and oxygen atoms in total. The van der Waals surface area contributed by atoms with E-state index in [2.05, 4.69) is 5.32 Å². The number of hydrogen-bond donors (Lipinski definition) is 1. The number of nitrogens with zero attached hydrogens (tertiary/aromatic N) is 1. The molecule has 0 aliphatic rings. The van der Waals surface area contributed by atoms with E-state index >= 15 is 0 Å². The Morgan fingerprint density at radius 1 is 1.07 bits per heavy atom. The lowest BCUT2D eigenvalue weighted by Crippen LogP contribution is -2.35. The van der Waals surface area contributed by atoms with Gasteiger partial charge in [-0.05, 0) is 56.3 Å². The Balaban J connectivity index is 1.91. The maximum atomic E-state index is 12.1. The van der Waals surface area contributed by atoms with E-state index in [1.165, 1.54) is 26.0 Å². The Morgan fingerprint density at radius 3 is 2.33 bits per heavy atom. The summed E-state index contributed by atoms with van der Waals surface area (Å²) in [6.07, 6.45) is -2.02. The van der Waals surface area contributed by atoms with Crippen LogP contribution in [0.4, 0.5) is 5.69 Å². The number of hydrogen-bond acceptors (Lipinski definition) is 5. The quantitative estimate of drug-likeness (QED) is 0.725. The van der Waals surface area contributed by atoms with Crippen LogP contribution < -0.4 is 10.1 Å². The number of amides is 1. The summed E-state index contributed by atoms with van der Waals surface area (Å²) in [5, 5.41) is 12.1. The topological polar surface area (TPSA) is 88.4 Å². The summed E-state index contributed by atoms with van der Waals surface area (Å²) in [6, 6.07) is 12.9. The molecule has 2 atom stereocenters. The predicted molar refractivity (Wildman–Crippen MR) is 102 cm³/mol. The van der Waals surface area contributed by atoms with E-state index in [9.17, 15) is 9.59 Å². The molecule has 0 heterocycles. The van der Waals surface area contributed by atoms with E-state index in [1.54, 1.807) is 30.3 Å². The van der Waals surface area contributed by atoms with E-state index in [0.29, 0.717) is 16.3 Å². The number of carbonyl (C=O) groups is 2. The molecule has 2 aromatic carbocycles. The predicted octanol–water partition coefficient (Wildman–Crippen LogP) is 4.20. The smallest absolute Gasteiger partial charge is 0.347 e. The molecule has 1 N–H and O–H groups in total. The van der Waals surface area contributed by atoms with E-state index < -0.39 is 24.1 Å². The number of nitriles is 1. The van der Waals surface area contributed by atoms with Crippen molar-refractivity contribution < 1.29 is 19.1 Å². The lowest BCUT2D eigenvalue weighted by atomic mass is 10.2. The molecule has 0 radical (unpaired) electrons. The molecule has 0 aromatic heterocycles. The van der Waals surface area contributed by atoms with Gasteiger partial charge in [0.05, 0.1) is 16.7 Å². The molecule has 140 valence electrons. The standard InChI is InChI=1S/C19H16Cl2N2O4/c1-11(18(24)23-15-6-3-13(10-22)4-7-15)27-19(25)12(2)26-17-8-5-14(20)9-16(17)21/h3-9,11-12H,1-2H3,(H,23,24)/t11-,12-/m0/s1. The lowest BCUT2D eigenvalue weighted by molar-refractivity contribution is -0.159. The lowest BCUT2D eigenvalue weighted by Gasteiger charge is -2.18. The number of esters is 1. The minimum atomic E-state index is -1.04. The molecule has 0 aliphatic heterocycles. The molecule has 27 heavy (non-hydrogen) atoms. The summed E-state index contributed by atoms with van der Waals surface area (Å²) < 4.78 is 10.6. The SMILES string of the molecule is C[C@H](OC(=O)[C@H](C)Oc1ccc(Cl)cc1Cl)C(=O)Nc1ccc(C#N)cc1. The number of benzene rings is 2. The number of nitrogens with one attached hydrogen (secondary N) is 1. The molecule has 0 unspecified atom stereocenters. The zero-order valence-electron chi connectivity index (χ0n) is 14.5. The third-order valence-electron chi connectivity index (χ3n) is 3.47. The second-order valence-electron chi connectivity index (χ2n) is 5.59. The third kappa shape index (κ3) is 5.88. The van der Waals surface area contributed by atoms with Gasteiger partial charge in [0, 0.05) is 10.7 Å². The number of carbonyl (C=O) groups excluding carboxylic acids is 2. The van der Waals surface area contributed by atoms with Gasteiger partial charge in [-0.1, -0.05) is 23.2 Å². The molecule has 1 amide bonds. The van der Waals surface area contributed by atoms with Gasteiger partial charge in [0.1, 0.15) is 5.75 Å². The average Bonchev–Trinajstić information content (AvgIpc) is 2.64. The van der Waals surface area contributed by atoms with Crippen molar-refractivity contribution in [1.82, 2.24) is 0 Å². The zero-order chi connectivity index (χ0) is 20.0. The van der Waals surface area contributed by atoms with Gasteiger partial charge >= 0.3 is 5.97 Å². The van der Waals surface area contributed by atoms with Crippen LogP contribution in [0, 0.1) is 11.3 Å². The average molecular weight is 407 g/mol. The number of halogens is 2. The normalized spacial score (nSPS) is 12.4. The largest absolute Gasteiger partial charge is 0.477 e. The van der Waals surface area contributed by atoms with Gasteiger partial charge in [-0.25, -0.2) is 4.79 Å². The van der Waals surface area contributed by atoms with Crippen molar-refractivity contribution >= 4 is 40.8 Å². The van der Waals surface area contributed by atoms with Gasteiger partial charge in [0.2, 0.25) is 0 Å². The van der Waals surface area contributed by atoms with Gasteiger partial charge < -0.3 is 14.8 Å². The first kappa shape index (κ1) is 20.6. The summed E-state index contributed by atoms with van der Waals surface area (Å²) in [7, 11) is 0. The fourth-order valence-electron chi connectivity index (χ4n) is 2.00. The molecular weight excluding hydrogens is 391 g/mol. The summed E-state index contributed by atoms with van der Waals surface area (Å²) >= 11 is 11.8. The van der Waals surface area contributed by atoms with Crippen LogP contribution in [-0.4, -0.2) is 24.1 Å². The van der Waals surface area contributed by atoms with Crippen molar-refractivity contribution in [3.63, 3.8) is 0 Å². The zero-order valence-corrected chi connectivity index (χ0v) is 16.0. The van der Waals surface area contributed by atoms with Crippen LogP contribution in [0.3, 0.4) is 0 Å². The highest BCUT2D eigenvalue weighted by Crippen LogP contribution is 2.28. The first-order chi connectivity index (χ1) is 12.8. The van der Waals surface area contributed by atoms with Crippen LogP contribution in [0.2, 0.25) is 10.0 Å². The monoisotopic (exact) mass is 406 g/mol. The highest BCUT2D eigenvalue weighted by molar-refractivity contribution is 6.35. The summed E-state index contributed by atoms with van der Waals surface area (Å²) in [5.41, 5.74) is 0.957. The van der Waals surface area contributed by atoms with Gasteiger partial charge in [-0.2, -0.15) is 5.26 Å². The third-order valence-corrected chi connectivity index (χ3v) is 4.00. The second-order valence-corrected chi connectivity index (χ2v) is 6.44. The van der Waals surface area contributed by atoms with Crippen LogP contribution in [0.15, 0.2) is 42.5 Å². The molecule has 8 heteroatoms. The Labute approximate surface area is 166 Å². The van der Waals surface area contributed by atoms with Gasteiger partial charge in [0.15, 0.2) is 12.2 Å². The van der Waals surface area contributed by atoms with E-state index in [1.807, 2.05) is 6.07 Å². The van der Waals surface area contributed by atoms with Gasteiger partial charge in [0.25, 0.3) is 5.91 Å². The molecule has 0 saturated heterocycles.